The number of imide groups is 1. The Morgan fingerprint density at radius 2 is 1.72 bits per heavy atom. The van der Waals surface area contributed by atoms with Gasteiger partial charge in [-0.1, -0.05) is 12.1 Å². The number of carbonyl (C=O) groups excluding carboxylic acids is 3. The minimum atomic E-state index is -3.59. The van der Waals surface area contributed by atoms with Gasteiger partial charge in [0.1, 0.15) is 0 Å². The van der Waals surface area contributed by atoms with Crippen molar-refractivity contribution in [1.29, 1.82) is 0 Å². The van der Waals surface area contributed by atoms with Crippen molar-refractivity contribution in [1.82, 2.24) is 10.6 Å². The number of urea groups is 1. The highest BCUT2D eigenvalue weighted by Crippen LogP contribution is 2.17. The summed E-state index contributed by atoms with van der Waals surface area (Å²) < 4.78 is 29.6. The van der Waals surface area contributed by atoms with Crippen LogP contribution in [0.3, 0.4) is 0 Å². The Morgan fingerprint density at radius 1 is 1.12 bits per heavy atom. The molecule has 0 atom stereocenters. The topological polar surface area (TPSA) is 131 Å². The number of esters is 1. The summed E-state index contributed by atoms with van der Waals surface area (Å²) in [6.07, 6.45) is 0.941. The van der Waals surface area contributed by atoms with Crippen molar-refractivity contribution >= 4 is 33.6 Å². The van der Waals surface area contributed by atoms with Crippen molar-refractivity contribution in [3.8, 4) is 0 Å². The van der Waals surface area contributed by atoms with Crippen LogP contribution in [-0.4, -0.2) is 44.7 Å². The lowest BCUT2D eigenvalue weighted by atomic mass is 10.1. The molecule has 0 aromatic heterocycles. The SMILES string of the molecule is CC(C)(C)NC(=O)NC(=O)COC(=O)c1ccccc1NS(C)(=O)=O. The fourth-order valence-corrected chi connectivity index (χ4v) is 2.27. The van der Waals surface area contributed by atoms with E-state index in [1.165, 1.54) is 24.3 Å². The fourth-order valence-electron chi connectivity index (χ4n) is 1.69. The maximum absolute atomic E-state index is 12.0. The molecule has 10 heteroatoms. The summed E-state index contributed by atoms with van der Waals surface area (Å²) in [4.78, 5) is 35.2. The lowest BCUT2D eigenvalue weighted by Gasteiger charge is -2.20. The van der Waals surface area contributed by atoms with Crippen molar-refractivity contribution in [2.75, 3.05) is 17.6 Å². The smallest absolute Gasteiger partial charge is 0.340 e. The number of amides is 3. The van der Waals surface area contributed by atoms with E-state index in [1.54, 1.807) is 20.8 Å². The quantitative estimate of drug-likeness (QED) is 0.658. The number of hydrogen-bond donors (Lipinski definition) is 3. The molecule has 0 radical (unpaired) electrons. The van der Waals surface area contributed by atoms with Gasteiger partial charge in [-0.3, -0.25) is 14.8 Å². The zero-order valence-electron chi connectivity index (χ0n) is 14.4. The highest BCUT2D eigenvalue weighted by molar-refractivity contribution is 7.92. The second-order valence-corrected chi connectivity index (χ2v) is 8.00. The lowest BCUT2D eigenvalue weighted by Crippen LogP contribution is -2.49. The second-order valence-electron chi connectivity index (χ2n) is 6.25. The van der Waals surface area contributed by atoms with Crippen molar-refractivity contribution in [3.05, 3.63) is 29.8 Å². The molecular weight excluding hydrogens is 350 g/mol. The van der Waals surface area contributed by atoms with Crippen LogP contribution in [0.2, 0.25) is 0 Å². The maximum atomic E-state index is 12.0. The number of carbonyl (C=O) groups is 3. The molecule has 0 unspecified atom stereocenters. The maximum Gasteiger partial charge on any atom is 0.340 e. The van der Waals surface area contributed by atoms with E-state index in [0.717, 1.165) is 6.26 Å². The second kappa shape index (κ2) is 7.97. The summed E-state index contributed by atoms with van der Waals surface area (Å²) in [5.41, 5.74) is -0.558. The third kappa shape index (κ3) is 8.15. The summed E-state index contributed by atoms with van der Waals surface area (Å²) in [6, 6.07) is 5.07. The number of para-hydroxylation sites is 1. The van der Waals surface area contributed by atoms with Crippen LogP contribution >= 0.6 is 0 Å². The first-order valence-corrected chi connectivity index (χ1v) is 9.12. The minimum Gasteiger partial charge on any atom is -0.452 e. The van der Waals surface area contributed by atoms with Crippen molar-refractivity contribution in [3.63, 3.8) is 0 Å². The molecule has 0 aliphatic carbocycles. The van der Waals surface area contributed by atoms with Gasteiger partial charge in [0.05, 0.1) is 17.5 Å². The summed E-state index contributed by atoms with van der Waals surface area (Å²) in [7, 11) is -3.59. The summed E-state index contributed by atoms with van der Waals surface area (Å²) in [5, 5.41) is 4.53. The van der Waals surface area contributed by atoms with Crippen LogP contribution in [-0.2, 0) is 19.6 Å². The number of rotatable bonds is 5. The third-order valence-electron chi connectivity index (χ3n) is 2.52. The van der Waals surface area contributed by atoms with Crippen LogP contribution in [0, 0.1) is 0 Å². The summed E-state index contributed by atoms with van der Waals surface area (Å²) in [5.74, 6) is -1.72. The highest BCUT2D eigenvalue weighted by atomic mass is 32.2. The highest BCUT2D eigenvalue weighted by Gasteiger charge is 2.18. The molecule has 0 heterocycles. The van der Waals surface area contributed by atoms with Gasteiger partial charge in [0.25, 0.3) is 5.91 Å². The average Bonchev–Trinajstić information content (AvgIpc) is 2.41. The molecule has 138 valence electrons. The summed E-state index contributed by atoms with van der Waals surface area (Å²) in [6.45, 7) is 4.53. The average molecular weight is 371 g/mol. The van der Waals surface area contributed by atoms with Gasteiger partial charge in [-0.25, -0.2) is 18.0 Å². The summed E-state index contributed by atoms with van der Waals surface area (Å²) >= 11 is 0. The Balaban J connectivity index is 2.66. The van der Waals surface area contributed by atoms with E-state index < -0.39 is 40.1 Å². The Bertz CT molecular complexity index is 768. The van der Waals surface area contributed by atoms with Gasteiger partial charge < -0.3 is 10.1 Å². The minimum absolute atomic E-state index is 0.0286. The first-order chi connectivity index (χ1) is 11.4. The normalized spacial score (nSPS) is 11.4. The van der Waals surface area contributed by atoms with Crippen LogP contribution in [0.25, 0.3) is 0 Å². The predicted molar refractivity (Wildman–Crippen MR) is 91.6 cm³/mol. The molecule has 3 amide bonds. The molecule has 1 aromatic carbocycles. The molecule has 25 heavy (non-hydrogen) atoms. The molecule has 0 spiro atoms. The van der Waals surface area contributed by atoms with Gasteiger partial charge in [0.2, 0.25) is 10.0 Å². The van der Waals surface area contributed by atoms with Gasteiger partial charge in [0.15, 0.2) is 6.61 Å². The molecule has 0 fully saturated rings. The van der Waals surface area contributed by atoms with Gasteiger partial charge in [-0.15, -0.1) is 0 Å². The molecule has 3 N–H and O–H groups in total. The van der Waals surface area contributed by atoms with Crippen LogP contribution in [0.15, 0.2) is 24.3 Å². The molecule has 0 saturated carbocycles. The zero-order chi connectivity index (χ0) is 19.3. The largest absolute Gasteiger partial charge is 0.452 e. The first-order valence-electron chi connectivity index (χ1n) is 7.23. The van der Waals surface area contributed by atoms with Crippen LogP contribution < -0.4 is 15.4 Å². The van der Waals surface area contributed by atoms with E-state index in [0.29, 0.717) is 0 Å². The number of sulfonamides is 1. The van der Waals surface area contributed by atoms with E-state index >= 15 is 0 Å². The third-order valence-corrected chi connectivity index (χ3v) is 3.11. The van der Waals surface area contributed by atoms with E-state index in [1.807, 2.05) is 5.32 Å². The first kappa shape index (κ1) is 20.4. The van der Waals surface area contributed by atoms with Crippen molar-refractivity contribution in [2.24, 2.45) is 0 Å². The van der Waals surface area contributed by atoms with E-state index in [2.05, 4.69) is 10.0 Å². The fraction of sp³-hybridized carbons (Fsp3) is 0.400. The zero-order valence-corrected chi connectivity index (χ0v) is 15.2. The number of nitrogens with one attached hydrogen (secondary N) is 3. The molecule has 1 rings (SSSR count). The van der Waals surface area contributed by atoms with Crippen LogP contribution in [0.1, 0.15) is 31.1 Å². The number of benzene rings is 1. The molecule has 0 aliphatic heterocycles. The standard InChI is InChI=1S/C15H21N3O6S/c1-15(2,3)17-14(21)16-12(19)9-24-13(20)10-7-5-6-8-11(10)18-25(4,22)23/h5-8,18H,9H2,1-4H3,(H2,16,17,19,21). The van der Waals surface area contributed by atoms with Gasteiger partial charge in [0, 0.05) is 5.54 Å². The number of hydrogen-bond acceptors (Lipinski definition) is 6. The molecule has 9 nitrogen and oxygen atoms in total. The lowest BCUT2D eigenvalue weighted by molar-refractivity contribution is -0.123. The van der Waals surface area contributed by atoms with Gasteiger partial charge >= 0.3 is 12.0 Å². The Hall–Kier alpha value is -2.62. The molecule has 0 bridgehead atoms. The van der Waals surface area contributed by atoms with E-state index in [4.69, 9.17) is 4.74 Å². The van der Waals surface area contributed by atoms with Crippen LogP contribution in [0.5, 0.6) is 0 Å². The van der Waals surface area contributed by atoms with Crippen LogP contribution in [0.4, 0.5) is 10.5 Å². The monoisotopic (exact) mass is 371 g/mol. The molecule has 0 saturated heterocycles. The van der Waals surface area contributed by atoms with Crippen molar-refractivity contribution in [2.45, 2.75) is 26.3 Å². The predicted octanol–water partition coefficient (Wildman–Crippen LogP) is 0.839. The van der Waals surface area contributed by atoms with Crippen molar-refractivity contribution < 1.29 is 27.5 Å². The Morgan fingerprint density at radius 3 is 2.28 bits per heavy atom. The number of anilines is 1. The molecular formula is C15H21N3O6S. The number of ether oxygens (including phenoxy) is 1. The Kier molecular flexibility index (Phi) is 6.51. The van der Waals surface area contributed by atoms with Gasteiger partial charge in [-0.2, -0.15) is 0 Å². The Labute approximate surface area is 146 Å². The molecule has 1 aromatic rings. The molecule has 0 aliphatic rings. The van der Waals surface area contributed by atoms with E-state index in [-0.39, 0.29) is 11.3 Å². The van der Waals surface area contributed by atoms with Gasteiger partial charge in [-0.05, 0) is 32.9 Å². The van der Waals surface area contributed by atoms with E-state index in [9.17, 15) is 22.8 Å².